The van der Waals surface area contributed by atoms with E-state index in [-0.39, 0.29) is 0 Å². The normalized spacial score (nSPS) is 10.9. The van der Waals surface area contributed by atoms with Crippen LogP contribution in [0, 0.1) is 0 Å². The van der Waals surface area contributed by atoms with Crippen LogP contribution in [0.5, 0.6) is 0 Å². The first-order chi connectivity index (χ1) is 13.8. The van der Waals surface area contributed by atoms with Crippen molar-refractivity contribution in [2.24, 2.45) is 0 Å². The number of aryl methyl sites for hydroxylation is 1. The molecule has 2 aromatic carbocycles. The molecule has 0 aliphatic heterocycles. The summed E-state index contributed by atoms with van der Waals surface area (Å²) in [5, 5.41) is 10.6. The summed E-state index contributed by atoms with van der Waals surface area (Å²) in [5.74, 6) is 1.58. The van der Waals surface area contributed by atoms with E-state index < -0.39 is 0 Å². The third kappa shape index (κ3) is 4.43. The molecule has 4 nitrogen and oxygen atoms in total. The summed E-state index contributed by atoms with van der Waals surface area (Å²) >= 11 is 7.96. The highest BCUT2D eigenvalue weighted by Gasteiger charge is 2.15. The molecule has 4 aromatic rings. The zero-order valence-corrected chi connectivity index (χ0v) is 16.8. The number of halogens is 1. The molecule has 0 aliphatic carbocycles. The van der Waals surface area contributed by atoms with Gasteiger partial charge in [0.2, 0.25) is 0 Å². The Morgan fingerprint density at radius 3 is 2.50 bits per heavy atom. The number of nitrogens with zero attached hydrogens (tertiary/aromatic N) is 4. The molecule has 0 spiro atoms. The average molecular weight is 407 g/mol. The fourth-order valence-electron chi connectivity index (χ4n) is 2.95. The summed E-state index contributed by atoms with van der Waals surface area (Å²) in [6.45, 7) is 0.798. The molecule has 0 unspecified atom stereocenters. The molecule has 140 valence electrons. The Hall–Kier alpha value is -2.63. The molecule has 0 fully saturated rings. The minimum Gasteiger partial charge on any atom is -0.302 e. The van der Waals surface area contributed by atoms with Crippen LogP contribution >= 0.6 is 23.4 Å². The van der Waals surface area contributed by atoms with Crippen LogP contribution < -0.4 is 0 Å². The Morgan fingerprint density at radius 2 is 1.71 bits per heavy atom. The van der Waals surface area contributed by atoms with Crippen molar-refractivity contribution >= 4 is 23.4 Å². The molecule has 0 amide bonds. The zero-order chi connectivity index (χ0) is 19.2. The minimum atomic E-state index is 0.746. The van der Waals surface area contributed by atoms with Gasteiger partial charge in [0.1, 0.15) is 0 Å². The van der Waals surface area contributed by atoms with Crippen LogP contribution in [0.15, 0.2) is 84.3 Å². The highest BCUT2D eigenvalue weighted by molar-refractivity contribution is 7.98. The minimum absolute atomic E-state index is 0.746. The standard InChI is InChI=1S/C22H19ClN4S/c23-20-11-5-4-9-19(20)16-28-22-26-25-21(18-10-6-13-24-15-18)27(22)14-12-17-7-2-1-3-8-17/h1-11,13,15H,12,14,16H2. The third-order valence-corrected chi connectivity index (χ3v) is 5.80. The van der Waals surface area contributed by atoms with E-state index in [9.17, 15) is 0 Å². The molecule has 6 heteroatoms. The molecular formula is C22H19ClN4S. The lowest BCUT2D eigenvalue weighted by molar-refractivity contribution is 0.639. The van der Waals surface area contributed by atoms with Gasteiger partial charge in [-0.3, -0.25) is 4.98 Å². The largest absolute Gasteiger partial charge is 0.302 e. The van der Waals surface area contributed by atoms with Crippen molar-refractivity contribution in [1.29, 1.82) is 0 Å². The maximum absolute atomic E-state index is 6.31. The first-order valence-corrected chi connectivity index (χ1v) is 10.4. The fourth-order valence-corrected chi connectivity index (χ4v) is 4.20. The van der Waals surface area contributed by atoms with Gasteiger partial charge in [-0.2, -0.15) is 0 Å². The van der Waals surface area contributed by atoms with Crippen molar-refractivity contribution in [2.75, 3.05) is 0 Å². The number of hydrogen-bond donors (Lipinski definition) is 0. The van der Waals surface area contributed by atoms with Gasteiger partial charge in [0.05, 0.1) is 0 Å². The summed E-state index contributed by atoms with van der Waals surface area (Å²) in [5.41, 5.74) is 3.35. The van der Waals surface area contributed by atoms with Crippen LogP contribution in [0.25, 0.3) is 11.4 Å². The van der Waals surface area contributed by atoms with E-state index >= 15 is 0 Å². The van der Waals surface area contributed by atoms with Crippen LogP contribution in [-0.4, -0.2) is 19.7 Å². The molecule has 28 heavy (non-hydrogen) atoms. The molecular weight excluding hydrogens is 388 g/mol. The van der Waals surface area contributed by atoms with Crippen molar-refractivity contribution in [2.45, 2.75) is 23.9 Å². The Morgan fingerprint density at radius 1 is 0.893 bits per heavy atom. The highest BCUT2D eigenvalue weighted by Crippen LogP contribution is 2.28. The van der Waals surface area contributed by atoms with Gasteiger partial charge in [-0.1, -0.05) is 71.9 Å². The molecule has 0 atom stereocenters. The molecule has 0 bridgehead atoms. The smallest absolute Gasteiger partial charge is 0.191 e. The average Bonchev–Trinajstić information content (AvgIpc) is 3.16. The maximum atomic E-state index is 6.31. The predicted octanol–water partition coefficient (Wildman–Crippen LogP) is 5.53. The molecule has 2 aromatic heterocycles. The SMILES string of the molecule is Clc1ccccc1CSc1nnc(-c2cccnc2)n1CCc1ccccc1. The number of aromatic nitrogens is 4. The van der Waals surface area contributed by atoms with Crippen LogP contribution in [0.2, 0.25) is 5.02 Å². The lowest BCUT2D eigenvalue weighted by atomic mass is 10.1. The van der Waals surface area contributed by atoms with Gasteiger partial charge in [0.15, 0.2) is 11.0 Å². The van der Waals surface area contributed by atoms with Gasteiger partial charge < -0.3 is 4.57 Å². The number of benzene rings is 2. The van der Waals surface area contributed by atoms with Crippen molar-refractivity contribution in [3.8, 4) is 11.4 Å². The summed E-state index contributed by atoms with van der Waals surface area (Å²) < 4.78 is 2.17. The Labute approximate surface area is 173 Å². The van der Waals surface area contributed by atoms with E-state index in [4.69, 9.17) is 11.6 Å². The quantitative estimate of drug-likeness (QED) is 0.378. The number of thioether (sulfide) groups is 1. The van der Waals surface area contributed by atoms with E-state index in [2.05, 4.69) is 44.0 Å². The molecule has 2 heterocycles. The van der Waals surface area contributed by atoms with Crippen LogP contribution in [0.3, 0.4) is 0 Å². The molecule has 0 saturated heterocycles. The van der Waals surface area contributed by atoms with Gasteiger partial charge in [-0.25, -0.2) is 0 Å². The van der Waals surface area contributed by atoms with E-state index in [0.717, 1.165) is 45.8 Å². The summed E-state index contributed by atoms with van der Waals surface area (Å²) in [6.07, 6.45) is 4.50. The van der Waals surface area contributed by atoms with Crippen molar-refractivity contribution in [3.63, 3.8) is 0 Å². The second-order valence-corrected chi connectivity index (χ2v) is 7.66. The lowest BCUT2D eigenvalue weighted by Crippen LogP contribution is -2.05. The third-order valence-electron chi connectivity index (χ3n) is 4.42. The van der Waals surface area contributed by atoms with E-state index in [1.54, 1.807) is 18.0 Å². The monoisotopic (exact) mass is 406 g/mol. The molecule has 0 N–H and O–H groups in total. The Bertz CT molecular complexity index is 1030. The van der Waals surface area contributed by atoms with E-state index in [1.807, 2.05) is 48.7 Å². The van der Waals surface area contributed by atoms with Gasteiger partial charge in [-0.05, 0) is 35.7 Å². The van der Waals surface area contributed by atoms with Crippen LogP contribution in [-0.2, 0) is 18.7 Å². The van der Waals surface area contributed by atoms with Crippen LogP contribution in [0.4, 0.5) is 0 Å². The van der Waals surface area contributed by atoms with Gasteiger partial charge >= 0.3 is 0 Å². The van der Waals surface area contributed by atoms with Crippen molar-refractivity contribution < 1.29 is 0 Å². The highest BCUT2D eigenvalue weighted by atomic mass is 35.5. The molecule has 4 rings (SSSR count). The molecule has 0 aliphatic rings. The topological polar surface area (TPSA) is 43.6 Å². The number of hydrogen-bond acceptors (Lipinski definition) is 4. The predicted molar refractivity (Wildman–Crippen MR) is 114 cm³/mol. The summed E-state index contributed by atoms with van der Waals surface area (Å²) in [4.78, 5) is 4.23. The zero-order valence-electron chi connectivity index (χ0n) is 15.2. The van der Waals surface area contributed by atoms with E-state index in [1.165, 1.54) is 5.56 Å². The van der Waals surface area contributed by atoms with Gasteiger partial charge in [0.25, 0.3) is 0 Å². The first-order valence-electron chi connectivity index (χ1n) is 9.05. The summed E-state index contributed by atoms with van der Waals surface area (Å²) in [7, 11) is 0. The lowest BCUT2D eigenvalue weighted by Gasteiger charge is -2.11. The first kappa shape index (κ1) is 18.7. The number of rotatable bonds is 7. The fraction of sp³-hybridized carbons (Fsp3) is 0.136. The van der Waals surface area contributed by atoms with E-state index in [0.29, 0.717) is 0 Å². The van der Waals surface area contributed by atoms with Crippen molar-refractivity contribution in [3.05, 3.63) is 95.3 Å². The Balaban J connectivity index is 1.60. The Kier molecular flexibility index (Phi) is 6.04. The second-order valence-electron chi connectivity index (χ2n) is 6.32. The van der Waals surface area contributed by atoms with Crippen molar-refractivity contribution in [1.82, 2.24) is 19.7 Å². The van der Waals surface area contributed by atoms with Crippen LogP contribution in [0.1, 0.15) is 11.1 Å². The number of pyridine rings is 1. The van der Waals surface area contributed by atoms with Gasteiger partial charge in [0, 0.05) is 35.3 Å². The molecule has 0 saturated carbocycles. The second kappa shape index (κ2) is 9.04. The summed E-state index contributed by atoms with van der Waals surface area (Å²) in [6, 6.07) is 22.3. The molecule has 0 radical (unpaired) electrons. The van der Waals surface area contributed by atoms with Gasteiger partial charge in [-0.15, -0.1) is 10.2 Å². The maximum Gasteiger partial charge on any atom is 0.191 e.